The molecule has 0 bridgehead atoms. The van der Waals surface area contributed by atoms with E-state index in [2.05, 4.69) is 21.5 Å². The number of hydrogen-bond acceptors (Lipinski definition) is 8. The number of hydrogen-bond donors (Lipinski definition) is 1. The lowest BCUT2D eigenvalue weighted by atomic mass is 9.58. The Balaban J connectivity index is 0.000000180. The zero-order valence-electron chi connectivity index (χ0n) is 50.6. The Hall–Kier alpha value is -8.28. The Morgan fingerprint density at radius 2 is 0.880 bits per heavy atom. The lowest BCUT2D eigenvalue weighted by molar-refractivity contribution is -0.130. The number of ether oxygens (including phenoxy) is 2. The monoisotopic (exact) mass is 1120 g/mol. The molecule has 0 radical (unpaired) electrons. The molecule has 3 aliphatic carbocycles. The van der Waals surface area contributed by atoms with Crippen molar-refractivity contribution in [2.24, 2.45) is 32.5 Å². The second kappa shape index (κ2) is 23.5. The van der Waals surface area contributed by atoms with Gasteiger partial charge in [0.1, 0.15) is 17.0 Å². The standard InChI is InChI=1S/C24H30N2O3.C24H28N2O3.C21H22N2O2/c2*1-22(2,3)29-21(28)26-13-12-19-23(4,16-26)15-18(25-6)20(27)24(19,5)14-17-10-8-7-9-11-17;1-15(24)23-11-10-18-20(2,14-23)13-17(22-4)19(25)21(18,3)12-16-8-6-5-7-9-16/h7-12,27H,13-16H2,1-5H3;7-12,15H,13-14,16H2,1-5H3;5-10,13H,11-12,14H2,1-3H3/t2*23-,24+;20-,21+/m000/s1. The number of ketones is 2. The zero-order chi connectivity index (χ0) is 61.1. The van der Waals surface area contributed by atoms with Crippen molar-refractivity contribution in [3.63, 3.8) is 0 Å². The summed E-state index contributed by atoms with van der Waals surface area (Å²) in [5, 5.41) is 11.1. The second-order valence-electron chi connectivity index (χ2n) is 26.4. The van der Waals surface area contributed by atoms with Crippen molar-refractivity contribution in [1.82, 2.24) is 14.7 Å². The van der Waals surface area contributed by atoms with Crippen molar-refractivity contribution in [3.8, 4) is 0 Å². The summed E-state index contributed by atoms with van der Waals surface area (Å²) in [6.07, 6.45) is 10.9. The maximum Gasteiger partial charge on any atom is 0.410 e. The number of carbonyl (C=O) groups is 5. The Morgan fingerprint density at radius 3 is 1.24 bits per heavy atom. The molecule has 1 N–H and O–H groups in total. The van der Waals surface area contributed by atoms with Crippen LogP contribution in [0.25, 0.3) is 14.5 Å². The quantitative estimate of drug-likeness (QED) is 0.190. The highest BCUT2D eigenvalue weighted by Gasteiger charge is 2.55. The first-order valence-corrected chi connectivity index (χ1v) is 28.3. The number of aliphatic hydroxyl groups is 1. The topological polar surface area (TPSA) is 147 Å². The van der Waals surface area contributed by atoms with E-state index in [4.69, 9.17) is 29.2 Å². The molecule has 0 unspecified atom stereocenters. The molecule has 14 heteroatoms. The first-order chi connectivity index (χ1) is 38.8. The van der Waals surface area contributed by atoms with E-state index >= 15 is 0 Å². The van der Waals surface area contributed by atoms with Crippen LogP contribution in [0.15, 0.2) is 161 Å². The average Bonchev–Trinajstić information content (AvgIpc) is 1.71. The van der Waals surface area contributed by atoms with Gasteiger partial charge in [-0.05, 0) is 116 Å². The van der Waals surface area contributed by atoms with E-state index in [1.807, 2.05) is 185 Å². The summed E-state index contributed by atoms with van der Waals surface area (Å²) in [5.41, 5.74) is 2.15. The lowest BCUT2D eigenvalue weighted by Crippen LogP contribution is -2.52. The van der Waals surface area contributed by atoms with Crippen LogP contribution in [0.3, 0.4) is 0 Å². The molecule has 14 nitrogen and oxygen atoms in total. The van der Waals surface area contributed by atoms with Gasteiger partial charge in [0, 0.05) is 78.7 Å². The van der Waals surface area contributed by atoms with Crippen LogP contribution in [-0.4, -0.2) is 99.9 Å². The molecular formula is C69H80N6O8. The molecule has 0 saturated carbocycles. The van der Waals surface area contributed by atoms with E-state index in [-0.39, 0.29) is 46.8 Å². The van der Waals surface area contributed by atoms with E-state index in [9.17, 15) is 29.1 Å². The van der Waals surface area contributed by atoms with Crippen LogP contribution in [0.5, 0.6) is 0 Å². The second-order valence-corrected chi connectivity index (χ2v) is 26.4. The van der Waals surface area contributed by atoms with Gasteiger partial charge in [0.25, 0.3) is 0 Å². The van der Waals surface area contributed by atoms with Crippen LogP contribution in [0.1, 0.15) is 113 Å². The maximum absolute atomic E-state index is 13.3. The summed E-state index contributed by atoms with van der Waals surface area (Å²) >= 11 is 0. The number of carbonyl (C=O) groups excluding carboxylic acids is 5. The van der Waals surface area contributed by atoms with Crippen molar-refractivity contribution < 1.29 is 38.6 Å². The van der Waals surface area contributed by atoms with E-state index in [0.29, 0.717) is 70.6 Å². The molecule has 3 heterocycles. The number of rotatable bonds is 6. The minimum atomic E-state index is -0.815. The first kappa shape index (κ1) is 62.3. The van der Waals surface area contributed by atoms with Crippen LogP contribution in [-0.2, 0) is 43.1 Å². The fourth-order valence-electron chi connectivity index (χ4n) is 13.4. The van der Waals surface area contributed by atoms with Crippen LogP contribution in [0.4, 0.5) is 9.59 Å². The van der Waals surface area contributed by atoms with Gasteiger partial charge in [-0.3, -0.25) is 4.79 Å². The lowest BCUT2D eigenvalue weighted by Gasteiger charge is -2.51. The number of benzene rings is 3. The third-order valence-corrected chi connectivity index (χ3v) is 16.8. The van der Waals surface area contributed by atoms with Gasteiger partial charge < -0.3 is 38.9 Å². The zero-order valence-corrected chi connectivity index (χ0v) is 50.6. The fourth-order valence-corrected chi connectivity index (χ4v) is 13.4. The Labute approximate surface area is 491 Å². The van der Waals surface area contributed by atoms with Gasteiger partial charge in [0.05, 0.1) is 19.7 Å². The molecule has 6 atom stereocenters. The molecule has 0 saturated heterocycles. The average molecular weight is 1120 g/mol. The van der Waals surface area contributed by atoms with Gasteiger partial charge in [0.15, 0.2) is 11.6 Å². The SMILES string of the molecule is [C-]#[N+]C1=C(O)[C@](C)(Cc2ccccc2)C2=CCN(C(=O)OC(C)(C)C)C[C@]2(C)C1.[C-]#[N+]C1=C[C@@]2(C)CN(C(=O)OC(C)(C)C)CC=C2[C@@](C)(Cc2ccccc2)C1=O.[C-]#[N+]C1=C[C@@]2(C)CN(C(C)=O)CC=C2[C@@](C)(Cc2ccccc2)C1=O. The Bertz CT molecular complexity index is 3380. The normalized spacial score (nSPS) is 27.4. The van der Waals surface area contributed by atoms with Gasteiger partial charge in [0.2, 0.25) is 23.0 Å². The summed E-state index contributed by atoms with van der Waals surface area (Å²) in [6.45, 7) is 49.9. The smallest absolute Gasteiger partial charge is 0.410 e. The van der Waals surface area contributed by atoms with Crippen molar-refractivity contribution in [3.05, 3.63) is 212 Å². The Kier molecular flexibility index (Phi) is 17.7. The van der Waals surface area contributed by atoms with E-state index in [1.54, 1.807) is 33.8 Å². The summed E-state index contributed by atoms with van der Waals surface area (Å²) in [6, 6.07) is 29.8. The van der Waals surface area contributed by atoms with Gasteiger partial charge in [-0.2, -0.15) is 0 Å². The molecule has 3 aromatic rings. The van der Waals surface area contributed by atoms with Gasteiger partial charge in [-0.1, -0.05) is 148 Å². The predicted molar refractivity (Wildman–Crippen MR) is 321 cm³/mol. The molecular weight excluding hydrogens is 1040 g/mol. The van der Waals surface area contributed by atoms with Crippen LogP contribution >= 0.6 is 0 Å². The summed E-state index contributed by atoms with van der Waals surface area (Å²) in [4.78, 5) is 79.2. The molecule has 9 rings (SSSR count). The van der Waals surface area contributed by atoms with E-state index in [1.165, 1.54) is 0 Å². The van der Waals surface area contributed by atoms with Crippen molar-refractivity contribution in [1.29, 1.82) is 0 Å². The molecule has 3 aromatic carbocycles. The number of amides is 3. The molecule has 0 aromatic heterocycles. The van der Waals surface area contributed by atoms with Crippen LogP contribution < -0.4 is 0 Å². The highest BCUT2D eigenvalue weighted by molar-refractivity contribution is 6.06. The number of Topliss-reactive ketones (excluding diaryl/α,β-unsaturated/α-hetero) is 2. The van der Waals surface area contributed by atoms with E-state index in [0.717, 1.165) is 33.4 Å². The third kappa shape index (κ3) is 13.2. The number of nitrogens with zero attached hydrogens (tertiary/aromatic N) is 6. The minimum Gasteiger partial charge on any atom is -0.523 e. The summed E-state index contributed by atoms with van der Waals surface area (Å²) in [5.74, 6) is -0.0982. The van der Waals surface area contributed by atoms with Crippen molar-refractivity contribution >= 4 is 29.7 Å². The highest BCUT2D eigenvalue weighted by atomic mass is 16.6. The van der Waals surface area contributed by atoms with Gasteiger partial charge in [-0.25, -0.2) is 24.1 Å². The Morgan fingerprint density at radius 1 is 0.530 bits per heavy atom. The summed E-state index contributed by atoms with van der Waals surface area (Å²) in [7, 11) is 0. The number of aliphatic hydroxyl groups excluding tert-OH is 1. The van der Waals surface area contributed by atoms with Gasteiger partial charge >= 0.3 is 12.2 Å². The largest absolute Gasteiger partial charge is 0.523 e. The maximum atomic E-state index is 13.3. The minimum absolute atomic E-state index is 0.0101. The fraction of sp³-hybridized carbons (Fsp3) is 0.449. The highest BCUT2D eigenvalue weighted by Crippen LogP contribution is 2.57. The van der Waals surface area contributed by atoms with E-state index < -0.39 is 43.7 Å². The number of fused-ring (bicyclic) bond motifs is 3. The first-order valence-electron chi connectivity index (χ1n) is 28.3. The van der Waals surface area contributed by atoms with Crippen LogP contribution in [0, 0.1) is 52.2 Å². The molecule has 434 valence electrons. The molecule has 3 aliphatic heterocycles. The molecule has 6 aliphatic rings. The molecule has 0 fully saturated rings. The van der Waals surface area contributed by atoms with Crippen LogP contribution in [0.2, 0.25) is 0 Å². The molecule has 83 heavy (non-hydrogen) atoms. The van der Waals surface area contributed by atoms with Gasteiger partial charge in [-0.15, -0.1) is 0 Å². The molecule has 3 amide bonds. The van der Waals surface area contributed by atoms with Crippen molar-refractivity contribution in [2.45, 2.75) is 127 Å². The third-order valence-electron chi connectivity index (χ3n) is 16.8. The predicted octanol–water partition coefficient (Wildman–Crippen LogP) is 13.7. The molecule has 0 spiro atoms. The van der Waals surface area contributed by atoms with Crippen molar-refractivity contribution in [2.75, 3.05) is 39.3 Å². The summed E-state index contributed by atoms with van der Waals surface area (Å²) < 4.78 is 11.1. The number of allylic oxidation sites excluding steroid dienone is 4.